The Kier molecular flexibility index (Phi) is 8.62. The quantitative estimate of drug-likeness (QED) is 0.144. The van der Waals surface area contributed by atoms with Gasteiger partial charge >= 0.3 is 11.7 Å². The summed E-state index contributed by atoms with van der Waals surface area (Å²) in [5, 5.41) is 9.14. The van der Waals surface area contributed by atoms with Crippen molar-refractivity contribution in [2.24, 2.45) is 0 Å². The molecular weight excluding hydrogens is 570 g/mol. The van der Waals surface area contributed by atoms with Crippen molar-refractivity contribution < 1.29 is 14.3 Å². The zero-order valence-electron chi connectivity index (χ0n) is 23.3. The minimum absolute atomic E-state index is 0.0166. The van der Waals surface area contributed by atoms with Crippen molar-refractivity contribution in [2.75, 3.05) is 18.6 Å². The fraction of sp³-hybridized carbons (Fsp3) is 0.167. The van der Waals surface area contributed by atoms with Crippen LogP contribution in [0.4, 0.5) is 5.82 Å². The minimum atomic E-state index is -0.972. The molecule has 0 atom stereocenters. The van der Waals surface area contributed by atoms with Crippen LogP contribution in [0.2, 0.25) is 0 Å². The molecule has 3 heterocycles. The van der Waals surface area contributed by atoms with Crippen LogP contribution in [0, 0.1) is 6.92 Å². The number of nitrogens with two attached hydrogens (primary N) is 1. The Labute approximate surface area is 249 Å². The Morgan fingerprint density at radius 2 is 1.63 bits per heavy atom. The van der Waals surface area contributed by atoms with Crippen LogP contribution >= 0.6 is 11.8 Å². The highest BCUT2D eigenvalue weighted by Crippen LogP contribution is 2.29. The van der Waals surface area contributed by atoms with Gasteiger partial charge in [0, 0.05) is 18.0 Å². The lowest BCUT2D eigenvalue weighted by molar-refractivity contribution is -0.141. The van der Waals surface area contributed by atoms with E-state index in [9.17, 15) is 19.2 Å². The van der Waals surface area contributed by atoms with E-state index in [-0.39, 0.29) is 18.1 Å². The van der Waals surface area contributed by atoms with Crippen LogP contribution in [0.5, 0.6) is 0 Å². The Hall–Kier alpha value is -5.30. The molecule has 0 saturated carbocycles. The Morgan fingerprint density at radius 1 is 0.930 bits per heavy atom. The minimum Gasteiger partial charge on any atom is -0.468 e. The summed E-state index contributed by atoms with van der Waals surface area (Å²) in [7, 11) is 1.14. The number of hydrogen-bond donors (Lipinski definition) is 1. The van der Waals surface area contributed by atoms with Crippen LogP contribution in [0.15, 0.2) is 93.9 Å². The van der Waals surface area contributed by atoms with Crippen molar-refractivity contribution >= 4 is 29.3 Å². The summed E-state index contributed by atoms with van der Waals surface area (Å²) in [6, 6.07) is 20.2. The van der Waals surface area contributed by atoms with E-state index in [1.54, 1.807) is 48.8 Å². The number of ketones is 1. The zero-order valence-corrected chi connectivity index (χ0v) is 24.2. The molecule has 13 heteroatoms. The highest BCUT2D eigenvalue weighted by atomic mass is 32.2. The third-order valence-electron chi connectivity index (χ3n) is 6.71. The SMILES string of the molecule is COC(=O)Cn1c(=O)c(C(=O)CSc2nnc(-c3ccncc3)n2-c2ccccc2C)c(N)n(Cc2ccccc2)c1=O. The summed E-state index contributed by atoms with van der Waals surface area (Å²) in [6.45, 7) is 1.26. The fourth-order valence-corrected chi connectivity index (χ4v) is 5.33. The number of thioether (sulfide) groups is 1. The van der Waals surface area contributed by atoms with Gasteiger partial charge in [0.2, 0.25) is 0 Å². The van der Waals surface area contributed by atoms with Gasteiger partial charge < -0.3 is 10.5 Å². The van der Waals surface area contributed by atoms with Crippen molar-refractivity contribution in [3.8, 4) is 17.1 Å². The Balaban J connectivity index is 1.55. The molecule has 2 N–H and O–H groups in total. The lowest BCUT2D eigenvalue weighted by Gasteiger charge is -2.16. The number of esters is 1. The second-order valence-electron chi connectivity index (χ2n) is 9.46. The number of rotatable bonds is 10. The highest BCUT2D eigenvalue weighted by molar-refractivity contribution is 7.99. The number of nitrogen functional groups attached to an aromatic ring is 1. The van der Waals surface area contributed by atoms with Gasteiger partial charge in [-0.05, 0) is 36.2 Å². The van der Waals surface area contributed by atoms with E-state index in [0.29, 0.717) is 21.1 Å². The lowest BCUT2D eigenvalue weighted by Crippen LogP contribution is -2.45. The van der Waals surface area contributed by atoms with Crippen molar-refractivity contribution in [1.82, 2.24) is 28.9 Å². The Bertz CT molecular complexity index is 1920. The maximum Gasteiger partial charge on any atom is 0.333 e. The third-order valence-corrected chi connectivity index (χ3v) is 7.63. The first-order valence-corrected chi connectivity index (χ1v) is 14.1. The zero-order chi connectivity index (χ0) is 30.5. The van der Waals surface area contributed by atoms with Crippen molar-refractivity contribution in [2.45, 2.75) is 25.2 Å². The topological polar surface area (TPSA) is 157 Å². The van der Waals surface area contributed by atoms with E-state index >= 15 is 0 Å². The van der Waals surface area contributed by atoms with Gasteiger partial charge in [-0.25, -0.2) is 9.36 Å². The van der Waals surface area contributed by atoms with Crippen molar-refractivity contribution in [3.05, 3.63) is 117 Å². The number of anilines is 1. The van der Waals surface area contributed by atoms with Crippen LogP contribution in [-0.2, 0) is 22.6 Å². The molecule has 0 amide bonds. The van der Waals surface area contributed by atoms with Gasteiger partial charge in [0.1, 0.15) is 17.9 Å². The summed E-state index contributed by atoms with van der Waals surface area (Å²) in [6.07, 6.45) is 3.30. The van der Waals surface area contributed by atoms with Gasteiger partial charge in [-0.1, -0.05) is 60.3 Å². The summed E-state index contributed by atoms with van der Waals surface area (Å²) >= 11 is 1.07. The number of nitrogens with zero attached hydrogens (tertiary/aromatic N) is 6. The predicted molar refractivity (Wildman–Crippen MR) is 161 cm³/mol. The van der Waals surface area contributed by atoms with E-state index < -0.39 is 35.1 Å². The molecule has 0 aliphatic carbocycles. The Morgan fingerprint density at radius 3 is 2.33 bits per heavy atom. The van der Waals surface area contributed by atoms with Gasteiger partial charge in [0.05, 0.1) is 25.1 Å². The first kappa shape index (κ1) is 29.2. The molecule has 12 nitrogen and oxygen atoms in total. The highest BCUT2D eigenvalue weighted by Gasteiger charge is 2.26. The molecule has 0 fully saturated rings. The number of carbonyl (C=O) groups excluding carboxylic acids is 2. The van der Waals surface area contributed by atoms with Crippen molar-refractivity contribution in [1.29, 1.82) is 0 Å². The number of carbonyl (C=O) groups is 2. The molecule has 0 bridgehead atoms. The first-order chi connectivity index (χ1) is 20.8. The molecular formula is C30H27N7O5S. The predicted octanol–water partition coefficient (Wildman–Crippen LogP) is 2.74. The average molecular weight is 598 g/mol. The number of Topliss-reactive ketones (excluding diaryl/α,β-unsaturated/α-hetero) is 1. The molecule has 0 radical (unpaired) electrons. The maximum atomic E-state index is 13.7. The molecule has 3 aromatic heterocycles. The van der Waals surface area contributed by atoms with E-state index in [0.717, 1.165) is 40.3 Å². The second kappa shape index (κ2) is 12.7. The first-order valence-electron chi connectivity index (χ1n) is 13.1. The normalized spacial score (nSPS) is 10.9. The fourth-order valence-electron chi connectivity index (χ4n) is 4.51. The summed E-state index contributed by atoms with van der Waals surface area (Å²) in [5.41, 5.74) is 7.36. The number of methoxy groups -OCH3 is 1. The molecule has 0 saturated heterocycles. The van der Waals surface area contributed by atoms with E-state index in [2.05, 4.69) is 19.9 Å². The molecule has 5 rings (SSSR count). The van der Waals surface area contributed by atoms with E-state index in [4.69, 9.17) is 5.73 Å². The molecule has 0 unspecified atom stereocenters. The third kappa shape index (κ3) is 6.02. The van der Waals surface area contributed by atoms with Gasteiger partial charge in [0.15, 0.2) is 16.8 Å². The summed E-state index contributed by atoms with van der Waals surface area (Å²) in [4.78, 5) is 56.5. The number of aryl methyl sites for hydroxylation is 1. The number of para-hydroxylation sites is 1. The van der Waals surface area contributed by atoms with E-state index in [1.807, 2.05) is 41.8 Å². The number of aromatic nitrogens is 6. The number of ether oxygens (including phenoxy) is 1. The van der Waals surface area contributed by atoms with Gasteiger partial charge in [-0.3, -0.25) is 28.5 Å². The van der Waals surface area contributed by atoms with Crippen LogP contribution in [0.1, 0.15) is 21.5 Å². The number of benzene rings is 2. The largest absolute Gasteiger partial charge is 0.468 e. The standard InChI is InChI=1S/C30H27N7O5S/c1-19-8-6-7-11-22(19)37-27(21-12-14-32-15-13-21)33-34-29(37)43-18-23(38)25-26(31)35(16-20-9-4-3-5-10-20)30(41)36(28(25)40)17-24(39)42-2/h3-15H,16-18,31H2,1-2H3. The summed E-state index contributed by atoms with van der Waals surface area (Å²) in [5.74, 6) is -1.45. The van der Waals surface area contributed by atoms with Gasteiger partial charge in [-0.15, -0.1) is 10.2 Å². The number of hydrogen-bond acceptors (Lipinski definition) is 10. The molecule has 2 aromatic carbocycles. The van der Waals surface area contributed by atoms with E-state index in [1.165, 1.54) is 0 Å². The molecule has 0 aliphatic rings. The molecule has 0 spiro atoms. The van der Waals surface area contributed by atoms with Crippen LogP contribution < -0.4 is 17.0 Å². The van der Waals surface area contributed by atoms with Gasteiger partial charge in [-0.2, -0.15) is 0 Å². The molecule has 0 aliphatic heterocycles. The van der Waals surface area contributed by atoms with Crippen LogP contribution in [0.3, 0.4) is 0 Å². The number of pyridine rings is 1. The average Bonchev–Trinajstić information content (AvgIpc) is 3.45. The van der Waals surface area contributed by atoms with Gasteiger partial charge in [0.25, 0.3) is 5.56 Å². The van der Waals surface area contributed by atoms with Crippen molar-refractivity contribution in [3.63, 3.8) is 0 Å². The monoisotopic (exact) mass is 597 g/mol. The molecule has 43 heavy (non-hydrogen) atoms. The summed E-state index contributed by atoms with van der Waals surface area (Å²) < 4.78 is 8.28. The lowest BCUT2D eigenvalue weighted by atomic mass is 10.2. The maximum absolute atomic E-state index is 13.7. The molecule has 218 valence electrons. The van der Waals surface area contributed by atoms with Crippen LogP contribution in [-0.4, -0.2) is 53.5 Å². The second-order valence-corrected chi connectivity index (χ2v) is 10.4. The molecule has 5 aromatic rings. The van der Waals surface area contributed by atoms with Crippen LogP contribution in [0.25, 0.3) is 17.1 Å². The smallest absolute Gasteiger partial charge is 0.333 e.